The number of alkyl halides is 3. The average Bonchev–Trinajstić information content (AvgIpc) is 2.93. The molecule has 21 heavy (non-hydrogen) atoms. The van der Waals surface area contributed by atoms with Gasteiger partial charge in [0.05, 0.1) is 11.9 Å². The highest BCUT2D eigenvalue weighted by atomic mass is 32.2. The van der Waals surface area contributed by atoms with E-state index in [1.54, 1.807) is 10.9 Å². The minimum atomic E-state index is -4.52. The molecule has 2 heterocycles. The third kappa shape index (κ3) is 3.94. The Morgan fingerprint density at radius 3 is 2.67 bits per heavy atom. The van der Waals surface area contributed by atoms with Gasteiger partial charge in [-0.25, -0.2) is 9.97 Å². The van der Waals surface area contributed by atoms with Crippen molar-refractivity contribution in [1.82, 2.24) is 19.7 Å². The van der Waals surface area contributed by atoms with Crippen molar-refractivity contribution in [2.75, 3.05) is 12.3 Å². The van der Waals surface area contributed by atoms with Crippen molar-refractivity contribution < 1.29 is 13.2 Å². The molecule has 0 radical (unpaired) electrons. The molecular formula is C12H14F3N5S. The molecule has 0 saturated carbocycles. The Morgan fingerprint density at radius 1 is 1.33 bits per heavy atom. The molecule has 0 bridgehead atoms. The van der Waals surface area contributed by atoms with E-state index in [1.165, 1.54) is 6.20 Å². The number of halogens is 3. The minimum Gasteiger partial charge on any atom is -0.330 e. The average molecular weight is 317 g/mol. The lowest BCUT2D eigenvalue weighted by atomic mass is 10.2. The number of hydrogen-bond acceptors (Lipinski definition) is 5. The Morgan fingerprint density at radius 2 is 2.10 bits per heavy atom. The summed E-state index contributed by atoms with van der Waals surface area (Å²) in [6.45, 7) is 2.86. The van der Waals surface area contributed by atoms with Gasteiger partial charge in [-0.05, 0) is 13.0 Å². The molecule has 0 aliphatic heterocycles. The van der Waals surface area contributed by atoms with Crippen LogP contribution in [0.4, 0.5) is 13.2 Å². The molecule has 0 aliphatic rings. The van der Waals surface area contributed by atoms with Crippen LogP contribution < -0.4 is 5.73 Å². The van der Waals surface area contributed by atoms with Gasteiger partial charge in [0, 0.05) is 30.6 Å². The van der Waals surface area contributed by atoms with E-state index in [4.69, 9.17) is 5.73 Å². The van der Waals surface area contributed by atoms with Gasteiger partial charge < -0.3 is 5.73 Å². The largest absolute Gasteiger partial charge is 0.433 e. The highest BCUT2D eigenvalue weighted by molar-refractivity contribution is 7.99. The van der Waals surface area contributed by atoms with Gasteiger partial charge in [0.25, 0.3) is 0 Å². The standard InChI is InChI=1S/C12H14F3N5S/c1-2-20-7-8(6-17-20)9-5-10(12(13,14)15)19-11(18-9)21-4-3-16/h5-7H,2-4,16H2,1H3. The van der Waals surface area contributed by atoms with E-state index >= 15 is 0 Å². The summed E-state index contributed by atoms with van der Waals surface area (Å²) in [6.07, 6.45) is -1.38. The molecule has 0 fully saturated rings. The van der Waals surface area contributed by atoms with Gasteiger partial charge in [-0.3, -0.25) is 4.68 Å². The monoisotopic (exact) mass is 317 g/mol. The zero-order chi connectivity index (χ0) is 15.5. The summed E-state index contributed by atoms with van der Waals surface area (Å²) in [4.78, 5) is 7.68. The summed E-state index contributed by atoms with van der Waals surface area (Å²) < 4.78 is 40.4. The molecule has 2 N–H and O–H groups in total. The van der Waals surface area contributed by atoms with Crippen LogP contribution in [0.1, 0.15) is 12.6 Å². The van der Waals surface area contributed by atoms with E-state index in [9.17, 15) is 13.2 Å². The topological polar surface area (TPSA) is 69.6 Å². The predicted octanol–water partition coefficient (Wildman–Crippen LogP) is 2.43. The van der Waals surface area contributed by atoms with E-state index in [0.29, 0.717) is 24.4 Å². The number of hydrogen-bond donors (Lipinski definition) is 1. The Hall–Kier alpha value is -1.61. The van der Waals surface area contributed by atoms with Crippen molar-refractivity contribution in [3.8, 4) is 11.3 Å². The lowest BCUT2D eigenvalue weighted by Gasteiger charge is -2.09. The maximum Gasteiger partial charge on any atom is 0.433 e. The first-order valence-electron chi connectivity index (χ1n) is 6.26. The Bertz CT molecular complexity index is 611. The van der Waals surface area contributed by atoms with Crippen molar-refractivity contribution in [3.05, 3.63) is 24.2 Å². The van der Waals surface area contributed by atoms with Gasteiger partial charge >= 0.3 is 6.18 Å². The third-order valence-corrected chi connectivity index (χ3v) is 3.48. The van der Waals surface area contributed by atoms with E-state index in [-0.39, 0.29) is 10.9 Å². The maximum atomic E-state index is 12.9. The normalized spacial score (nSPS) is 11.9. The first-order valence-corrected chi connectivity index (χ1v) is 7.24. The van der Waals surface area contributed by atoms with Crippen molar-refractivity contribution in [3.63, 3.8) is 0 Å². The molecule has 114 valence electrons. The van der Waals surface area contributed by atoms with Crippen LogP contribution in [-0.4, -0.2) is 32.0 Å². The predicted molar refractivity (Wildman–Crippen MR) is 73.7 cm³/mol. The summed E-state index contributed by atoms with van der Waals surface area (Å²) in [5, 5.41) is 4.11. The Balaban J connectivity index is 2.43. The quantitative estimate of drug-likeness (QED) is 0.677. The SMILES string of the molecule is CCn1cc(-c2cc(C(F)(F)F)nc(SCCN)n2)cn1. The smallest absolute Gasteiger partial charge is 0.330 e. The van der Waals surface area contributed by atoms with Crippen molar-refractivity contribution in [2.45, 2.75) is 24.8 Å². The molecule has 0 aliphatic carbocycles. The number of nitrogens with two attached hydrogens (primary N) is 1. The molecule has 0 atom stereocenters. The van der Waals surface area contributed by atoms with Crippen molar-refractivity contribution in [1.29, 1.82) is 0 Å². The van der Waals surface area contributed by atoms with E-state index in [0.717, 1.165) is 17.8 Å². The highest BCUT2D eigenvalue weighted by Crippen LogP contribution is 2.31. The zero-order valence-corrected chi connectivity index (χ0v) is 12.1. The van der Waals surface area contributed by atoms with Crippen molar-refractivity contribution >= 4 is 11.8 Å². The second kappa shape index (κ2) is 6.44. The molecule has 0 unspecified atom stereocenters. The molecule has 2 rings (SSSR count). The molecule has 2 aromatic rings. The zero-order valence-electron chi connectivity index (χ0n) is 11.3. The van der Waals surface area contributed by atoms with Gasteiger partial charge in [0.1, 0.15) is 5.69 Å². The molecule has 5 nitrogen and oxygen atoms in total. The van der Waals surface area contributed by atoms with Crippen LogP contribution in [-0.2, 0) is 12.7 Å². The van der Waals surface area contributed by atoms with Crippen LogP contribution in [0.5, 0.6) is 0 Å². The molecule has 0 aromatic carbocycles. The van der Waals surface area contributed by atoms with E-state index in [2.05, 4.69) is 15.1 Å². The fourth-order valence-electron chi connectivity index (χ4n) is 1.60. The lowest BCUT2D eigenvalue weighted by Crippen LogP contribution is -2.10. The number of thioether (sulfide) groups is 1. The van der Waals surface area contributed by atoms with Gasteiger partial charge in [0.15, 0.2) is 5.16 Å². The molecule has 9 heteroatoms. The van der Waals surface area contributed by atoms with E-state index < -0.39 is 11.9 Å². The van der Waals surface area contributed by atoms with Crippen molar-refractivity contribution in [2.24, 2.45) is 5.73 Å². The molecule has 0 amide bonds. The third-order valence-electron chi connectivity index (χ3n) is 2.60. The molecule has 2 aromatic heterocycles. The summed E-state index contributed by atoms with van der Waals surface area (Å²) in [5.41, 5.74) is 5.13. The van der Waals surface area contributed by atoms with Crippen LogP contribution >= 0.6 is 11.8 Å². The highest BCUT2D eigenvalue weighted by Gasteiger charge is 2.33. The lowest BCUT2D eigenvalue weighted by molar-refractivity contribution is -0.141. The second-order valence-electron chi connectivity index (χ2n) is 4.14. The Kier molecular flexibility index (Phi) is 4.84. The summed E-state index contributed by atoms with van der Waals surface area (Å²) >= 11 is 1.10. The molecule has 0 spiro atoms. The first-order chi connectivity index (χ1) is 9.94. The summed E-state index contributed by atoms with van der Waals surface area (Å²) in [6, 6.07) is 0.934. The summed E-state index contributed by atoms with van der Waals surface area (Å²) in [5.74, 6) is 0.453. The van der Waals surface area contributed by atoms with Gasteiger partial charge in [-0.2, -0.15) is 18.3 Å². The van der Waals surface area contributed by atoms with Crippen LogP contribution in [0.2, 0.25) is 0 Å². The second-order valence-corrected chi connectivity index (χ2v) is 5.20. The van der Waals surface area contributed by atoms with Crippen LogP contribution in [0.15, 0.2) is 23.6 Å². The maximum absolute atomic E-state index is 12.9. The fraction of sp³-hybridized carbons (Fsp3) is 0.417. The van der Waals surface area contributed by atoms with Crippen LogP contribution in [0.3, 0.4) is 0 Å². The van der Waals surface area contributed by atoms with Gasteiger partial charge in [-0.15, -0.1) is 0 Å². The van der Waals surface area contributed by atoms with Crippen LogP contribution in [0, 0.1) is 0 Å². The number of rotatable bonds is 5. The van der Waals surface area contributed by atoms with Gasteiger partial charge in [0.2, 0.25) is 0 Å². The number of aromatic nitrogens is 4. The summed E-state index contributed by atoms with van der Waals surface area (Å²) in [7, 11) is 0. The molecule has 0 saturated heterocycles. The molecular weight excluding hydrogens is 303 g/mol. The fourth-order valence-corrected chi connectivity index (χ4v) is 2.23. The first kappa shape index (κ1) is 15.8. The number of aryl methyl sites for hydroxylation is 1. The minimum absolute atomic E-state index is 0.0644. The number of nitrogens with zero attached hydrogens (tertiary/aromatic N) is 4. The Labute approximate surface area is 123 Å². The van der Waals surface area contributed by atoms with E-state index in [1.807, 2.05) is 6.92 Å². The van der Waals surface area contributed by atoms with Gasteiger partial charge in [-0.1, -0.05) is 11.8 Å². The van der Waals surface area contributed by atoms with Crippen LogP contribution in [0.25, 0.3) is 11.3 Å².